The lowest BCUT2D eigenvalue weighted by Gasteiger charge is -2.38. The Morgan fingerprint density at radius 1 is 1.00 bits per heavy atom. The zero-order valence-corrected chi connectivity index (χ0v) is 16.6. The fourth-order valence-electron chi connectivity index (χ4n) is 3.44. The van der Waals surface area contributed by atoms with Crippen LogP contribution >= 0.6 is 0 Å². The molecule has 0 saturated carbocycles. The molecule has 6 nitrogen and oxygen atoms in total. The Morgan fingerprint density at radius 2 is 1.64 bits per heavy atom. The van der Waals surface area contributed by atoms with Gasteiger partial charge >= 0.3 is 0 Å². The molecule has 1 aliphatic rings. The lowest BCUT2D eigenvalue weighted by molar-refractivity contribution is -0.120. The molecule has 1 aliphatic heterocycles. The van der Waals surface area contributed by atoms with Gasteiger partial charge in [0.1, 0.15) is 5.75 Å². The molecule has 6 heteroatoms. The third-order valence-corrected chi connectivity index (χ3v) is 5.23. The second-order valence-electron chi connectivity index (χ2n) is 6.99. The topological polar surface area (TPSA) is 61.9 Å². The van der Waals surface area contributed by atoms with Crippen molar-refractivity contribution in [3.8, 4) is 5.75 Å². The number of amides is 1. The minimum absolute atomic E-state index is 0.0131. The Hall–Kier alpha value is -2.86. The predicted octanol–water partition coefficient (Wildman–Crippen LogP) is 3.05. The molecule has 2 aromatic rings. The Kier molecular flexibility index (Phi) is 6.31. The number of ketones is 1. The molecular formula is C22H27N3O3. The lowest BCUT2D eigenvalue weighted by Crippen LogP contribution is -2.52. The number of piperazine rings is 1. The standard InChI is InChI=1S/C22H27N3O3/c1-16(22(27)23-19-10-8-18(9-11-19)17(2)26)24-12-14-25(15-13-24)20-6-4-5-7-21(20)28-3/h4-11,16H,12-15H2,1-3H3,(H,23,27). The highest BCUT2D eigenvalue weighted by molar-refractivity contribution is 5.97. The number of benzene rings is 2. The van der Waals surface area contributed by atoms with Crippen molar-refractivity contribution in [2.24, 2.45) is 0 Å². The minimum Gasteiger partial charge on any atom is -0.495 e. The highest BCUT2D eigenvalue weighted by atomic mass is 16.5. The fraction of sp³-hybridized carbons (Fsp3) is 0.364. The van der Waals surface area contributed by atoms with E-state index in [2.05, 4.69) is 21.2 Å². The van der Waals surface area contributed by atoms with Crippen molar-refractivity contribution in [3.63, 3.8) is 0 Å². The van der Waals surface area contributed by atoms with Gasteiger partial charge in [-0.2, -0.15) is 0 Å². The van der Waals surface area contributed by atoms with E-state index in [0.717, 1.165) is 37.6 Å². The highest BCUT2D eigenvalue weighted by Crippen LogP contribution is 2.28. The number of para-hydroxylation sites is 2. The molecule has 1 atom stereocenters. The number of methoxy groups -OCH3 is 1. The van der Waals surface area contributed by atoms with Crippen molar-refractivity contribution >= 4 is 23.1 Å². The van der Waals surface area contributed by atoms with Crippen molar-refractivity contribution in [2.45, 2.75) is 19.9 Å². The van der Waals surface area contributed by atoms with Gasteiger partial charge in [0.15, 0.2) is 5.78 Å². The van der Waals surface area contributed by atoms with Crippen molar-refractivity contribution in [1.29, 1.82) is 0 Å². The SMILES string of the molecule is COc1ccccc1N1CCN(C(C)C(=O)Nc2ccc(C(C)=O)cc2)CC1. The number of rotatable bonds is 6. The number of carbonyl (C=O) groups is 2. The molecule has 1 amide bonds. The van der Waals surface area contributed by atoms with Gasteiger partial charge in [0.25, 0.3) is 0 Å². The van der Waals surface area contributed by atoms with Crippen LogP contribution in [0.5, 0.6) is 5.75 Å². The lowest BCUT2D eigenvalue weighted by atomic mass is 10.1. The maximum absolute atomic E-state index is 12.6. The summed E-state index contributed by atoms with van der Waals surface area (Å²) >= 11 is 0. The van der Waals surface area contributed by atoms with E-state index < -0.39 is 0 Å². The van der Waals surface area contributed by atoms with Crippen molar-refractivity contribution in [1.82, 2.24) is 4.90 Å². The van der Waals surface area contributed by atoms with Crippen LogP contribution in [0, 0.1) is 0 Å². The van der Waals surface area contributed by atoms with E-state index in [-0.39, 0.29) is 17.7 Å². The van der Waals surface area contributed by atoms with Crippen LogP contribution in [0.2, 0.25) is 0 Å². The summed E-state index contributed by atoms with van der Waals surface area (Å²) in [6, 6.07) is 14.8. The normalized spacial score (nSPS) is 15.8. The van der Waals surface area contributed by atoms with Crippen molar-refractivity contribution in [2.75, 3.05) is 43.5 Å². The number of ether oxygens (including phenoxy) is 1. The number of Topliss-reactive ketones (excluding diaryl/α,β-unsaturated/α-hetero) is 1. The van der Waals surface area contributed by atoms with E-state index in [4.69, 9.17) is 4.74 Å². The monoisotopic (exact) mass is 381 g/mol. The van der Waals surface area contributed by atoms with Gasteiger partial charge in [-0.1, -0.05) is 12.1 Å². The third kappa shape index (κ3) is 4.51. The number of nitrogens with one attached hydrogen (secondary N) is 1. The summed E-state index contributed by atoms with van der Waals surface area (Å²) in [7, 11) is 1.68. The van der Waals surface area contributed by atoms with Crippen LogP contribution in [0.4, 0.5) is 11.4 Å². The first-order chi connectivity index (χ1) is 13.5. The Labute approximate surface area is 166 Å². The molecule has 1 N–H and O–H groups in total. The highest BCUT2D eigenvalue weighted by Gasteiger charge is 2.26. The van der Waals surface area contributed by atoms with Gasteiger partial charge in [-0.3, -0.25) is 14.5 Å². The van der Waals surface area contributed by atoms with Crippen LogP contribution < -0.4 is 15.0 Å². The summed E-state index contributed by atoms with van der Waals surface area (Å²) in [5.41, 5.74) is 2.43. The van der Waals surface area contributed by atoms with Gasteiger partial charge in [-0.05, 0) is 50.2 Å². The van der Waals surface area contributed by atoms with Gasteiger partial charge < -0.3 is 15.0 Å². The fourth-order valence-corrected chi connectivity index (χ4v) is 3.44. The predicted molar refractivity (Wildman–Crippen MR) is 111 cm³/mol. The molecule has 1 saturated heterocycles. The average Bonchev–Trinajstić information content (AvgIpc) is 2.73. The first-order valence-corrected chi connectivity index (χ1v) is 9.53. The summed E-state index contributed by atoms with van der Waals surface area (Å²) in [4.78, 5) is 28.5. The van der Waals surface area contributed by atoms with Gasteiger partial charge in [0.2, 0.25) is 5.91 Å². The van der Waals surface area contributed by atoms with Crippen LogP contribution in [0.15, 0.2) is 48.5 Å². The molecule has 148 valence electrons. The quantitative estimate of drug-likeness (QED) is 0.780. The Morgan fingerprint density at radius 3 is 2.25 bits per heavy atom. The number of nitrogens with zero attached hydrogens (tertiary/aromatic N) is 2. The molecule has 0 spiro atoms. The summed E-state index contributed by atoms with van der Waals surface area (Å²) in [5.74, 6) is 0.844. The second-order valence-corrected chi connectivity index (χ2v) is 6.99. The van der Waals surface area contributed by atoms with Gasteiger partial charge in [-0.25, -0.2) is 0 Å². The zero-order valence-electron chi connectivity index (χ0n) is 16.6. The number of hydrogen-bond acceptors (Lipinski definition) is 5. The summed E-state index contributed by atoms with van der Waals surface area (Å²) in [6.45, 7) is 6.74. The maximum atomic E-state index is 12.6. The van der Waals surface area contributed by atoms with E-state index in [1.54, 1.807) is 31.4 Å². The first-order valence-electron chi connectivity index (χ1n) is 9.53. The molecule has 2 aromatic carbocycles. The molecule has 0 bridgehead atoms. The van der Waals surface area contributed by atoms with Crippen LogP contribution in [0.3, 0.4) is 0 Å². The van der Waals surface area contributed by atoms with Crippen LogP contribution in [-0.4, -0.2) is 55.9 Å². The van der Waals surface area contributed by atoms with Gasteiger partial charge in [0.05, 0.1) is 18.8 Å². The minimum atomic E-state index is -0.229. The van der Waals surface area contributed by atoms with E-state index in [9.17, 15) is 9.59 Å². The summed E-state index contributed by atoms with van der Waals surface area (Å²) in [5, 5.41) is 2.94. The number of hydrogen-bond donors (Lipinski definition) is 1. The van der Waals surface area contributed by atoms with E-state index >= 15 is 0 Å². The molecule has 1 fully saturated rings. The third-order valence-electron chi connectivity index (χ3n) is 5.23. The van der Waals surface area contributed by atoms with Crippen molar-refractivity contribution in [3.05, 3.63) is 54.1 Å². The molecule has 1 heterocycles. The van der Waals surface area contributed by atoms with Crippen LogP contribution in [0.1, 0.15) is 24.2 Å². The molecule has 3 rings (SSSR count). The molecule has 1 unspecified atom stereocenters. The molecule has 28 heavy (non-hydrogen) atoms. The summed E-state index contributed by atoms with van der Waals surface area (Å²) < 4.78 is 5.46. The van der Waals surface area contributed by atoms with Crippen LogP contribution in [0.25, 0.3) is 0 Å². The molecule has 0 aliphatic carbocycles. The van der Waals surface area contributed by atoms with Gasteiger partial charge in [0, 0.05) is 37.4 Å². The Balaban J connectivity index is 1.56. The first kappa shape index (κ1) is 19.9. The number of carbonyl (C=O) groups excluding carboxylic acids is 2. The summed E-state index contributed by atoms with van der Waals surface area (Å²) in [6.07, 6.45) is 0. The van der Waals surface area contributed by atoms with E-state index in [1.807, 2.05) is 25.1 Å². The Bertz CT molecular complexity index is 827. The van der Waals surface area contributed by atoms with Crippen molar-refractivity contribution < 1.29 is 14.3 Å². The maximum Gasteiger partial charge on any atom is 0.241 e. The average molecular weight is 381 g/mol. The molecule has 0 aromatic heterocycles. The van der Waals surface area contributed by atoms with E-state index in [0.29, 0.717) is 11.3 Å². The molecular weight excluding hydrogens is 354 g/mol. The largest absolute Gasteiger partial charge is 0.495 e. The molecule has 0 radical (unpaired) electrons. The number of anilines is 2. The van der Waals surface area contributed by atoms with Gasteiger partial charge in [-0.15, -0.1) is 0 Å². The smallest absolute Gasteiger partial charge is 0.241 e. The zero-order chi connectivity index (χ0) is 20.1. The van der Waals surface area contributed by atoms with Crippen LogP contribution in [-0.2, 0) is 4.79 Å². The second kappa shape index (κ2) is 8.89. The van der Waals surface area contributed by atoms with E-state index in [1.165, 1.54) is 6.92 Å².